The summed E-state index contributed by atoms with van der Waals surface area (Å²) in [4.78, 5) is 10.7. The molecule has 0 aliphatic heterocycles. The lowest BCUT2D eigenvalue weighted by Gasteiger charge is -2.13. The predicted octanol–water partition coefficient (Wildman–Crippen LogP) is 1.77. The van der Waals surface area contributed by atoms with Crippen LogP contribution < -0.4 is 20.5 Å². The van der Waals surface area contributed by atoms with Gasteiger partial charge in [-0.05, 0) is 26.0 Å². The highest BCUT2D eigenvalue weighted by Gasteiger charge is 2.05. The molecule has 0 aliphatic carbocycles. The Morgan fingerprint density at radius 2 is 2.00 bits per heavy atom. The van der Waals surface area contributed by atoms with Crippen LogP contribution in [0.1, 0.15) is 20.3 Å². The summed E-state index contributed by atoms with van der Waals surface area (Å²) in [5.74, 6) is 1.18. The molecular formula is C13H20N2O3. The van der Waals surface area contributed by atoms with Crippen LogP contribution in [0.2, 0.25) is 0 Å². The van der Waals surface area contributed by atoms with Crippen molar-refractivity contribution in [1.82, 2.24) is 0 Å². The molecule has 5 heteroatoms. The molecule has 0 aromatic heterocycles. The lowest BCUT2D eigenvalue weighted by Crippen LogP contribution is -2.16. The van der Waals surface area contributed by atoms with Crippen molar-refractivity contribution in [3.63, 3.8) is 0 Å². The molecule has 3 N–H and O–H groups in total. The topological polar surface area (TPSA) is 73.6 Å². The third-order valence-electron chi connectivity index (χ3n) is 2.25. The van der Waals surface area contributed by atoms with E-state index < -0.39 is 0 Å². The normalized spacial score (nSPS) is 9.89. The Kier molecular flexibility index (Phi) is 5.84. The van der Waals surface area contributed by atoms with E-state index in [1.54, 1.807) is 0 Å². The van der Waals surface area contributed by atoms with E-state index in [2.05, 4.69) is 5.32 Å². The number of amides is 1. The zero-order valence-electron chi connectivity index (χ0n) is 10.9. The summed E-state index contributed by atoms with van der Waals surface area (Å²) >= 11 is 0. The average molecular weight is 252 g/mol. The molecule has 0 saturated carbocycles. The van der Waals surface area contributed by atoms with E-state index in [1.165, 1.54) is 0 Å². The van der Waals surface area contributed by atoms with Gasteiger partial charge < -0.3 is 20.5 Å². The quantitative estimate of drug-likeness (QED) is 0.739. The van der Waals surface area contributed by atoms with Gasteiger partial charge in [-0.25, -0.2) is 0 Å². The monoisotopic (exact) mass is 252 g/mol. The van der Waals surface area contributed by atoms with Gasteiger partial charge in [0.25, 0.3) is 0 Å². The van der Waals surface area contributed by atoms with Gasteiger partial charge in [0.2, 0.25) is 5.91 Å². The van der Waals surface area contributed by atoms with Gasteiger partial charge >= 0.3 is 0 Å². The van der Waals surface area contributed by atoms with E-state index in [1.807, 2.05) is 32.0 Å². The first kappa shape index (κ1) is 14.2. The number of nitrogens with one attached hydrogen (secondary N) is 1. The lowest BCUT2D eigenvalue weighted by molar-refractivity contribution is -0.117. The maximum absolute atomic E-state index is 10.7. The molecule has 1 rings (SSSR count). The maximum Gasteiger partial charge on any atom is 0.219 e. The van der Waals surface area contributed by atoms with Crippen LogP contribution in [0.3, 0.4) is 0 Å². The van der Waals surface area contributed by atoms with Crippen molar-refractivity contribution in [3.05, 3.63) is 18.2 Å². The number of primary amides is 1. The number of anilines is 1. The van der Waals surface area contributed by atoms with E-state index in [0.717, 1.165) is 17.2 Å². The molecule has 1 aromatic carbocycles. The minimum Gasteiger partial charge on any atom is -0.494 e. The molecule has 0 fully saturated rings. The van der Waals surface area contributed by atoms with Crippen molar-refractivity contribution in [1.29, 1.82) is 0 Å². The molecule has 0 atom stereocenters. The summed E-state index contributed by atoms with van der Waals surface area (Å²) in [6.07, 6.45) is 0.282. The molecule has 1 aromatic rings. The number of hydrogen-bond donors (Lipinski definition) is 2. The second-order valence-electron chi connectivity index (χ2n) is 3.67. The zero-order valence-corrected chi connectivity index (χ0v) is 10.9. The summed E-state index contributed by atoms with van der Waals surface area (Å²) in [5.41, 5.74) is 5.91. The third-order valence-corrected chi connectivity index (χ3v) is 2.25. The van der Waals surface area contributed by atoms with Crippen LogP contribution in [0.25, 0.3) is 0 Å². The number of ether oxygens (including phenoxy) is 2. The summed E-state index contributed by atoms with van der Waals surface area (Å²) in [5, 5.41) is 3.12. The first-order chi connectivity index (χ1) is 8.67. The van der Waals surface area contributed by atoms with Gasteiger partial charge in [-0.3, -0.25) is 4.79 Å². The molecule has 0 heterocycles. The van der Waals surface area contributed by atoms with Crippen molar-refractivity contribution >= 4 is 11.6 Å². The van der Waals surface area contributed by atoms with Crippen LogP contribution >= 0.6 is 0 Å². The summed E-state index contributed by atoms with van der Waals surface area (Å²) in [6, 6.07) is 5.56. The Morgan fingerprint density at radius 3 is 2.61 bits per heavy atom. The Balaban J connectivity index is 2.75. The van der Waals surface area contributed by atoms with Gasteiger partial charge in [0, 0.05) is 19.0 Å². The highest BCUT2D eigenvalue weighted by atomic mass is 16.5. The largest absolute Gasteiger partial charge is 0.494 e. The molecule has 18 heavy (non-hydrogen) atoms. The Hall–Kier alpha value is -1.91. The number of carbonyl (C=O) groups excluding carboxylic acids is 1. The highest BCUT2D eigenvalue weighted by Crippen LogP contribution is 2.29. The van der Waals surface area contributed by atoms with E-state index in [9.17, 15) is 4.79 Å². The molecule has 0 unspecified atom stereocenters. The standard InChI is InChI=1S/C13H20N2O3/c1-3-17-10-5-6-12(18-4-2)11(9-10)15-8-7-13(14)16/h5-6,9,15H,3-4,7-8H2,1-2H3,(H2,14,16). The Morgan fingerprint density at radius 1 is 1.28 bits per heavy atom. The van der Waals surface area contributed by atoms with Crippen LogP contribution in [-0.4, -0.2) is 25.7 Å². The first-order valence-corrected chi connectivity index (χ1v) is 6.09. The third kappa shape index (κ3) is 4.53. The SMILES string of the molecule is CCOc1ccc(OCC)c(NCCC(N)=O)c1. The van der Waals surface area contributed by atoms with E-state index in [4.69, 9.17) is 15.2 Å². The van der Waals surface area contributed by atoms with E-state index in [0.29, 0.717) is 19.8 Å². The van der Waals surface area contributed by atoms with Gasteiger partial charge in [-0.1, -0.05) is 0 Å². The smallest absolute Gasteiger partial charge is 0.219 e. The van der Waals surface area contributed by atoms with Crippen molar-refractivity contribution in [2.75, 3.05) is 25.1 Å². The molecule has 5 nitrogen and oxygen atoms in total. The van der Waals surface area contributed by atoms with Gasteiger partial charge in [0.05, 0.1) is 18.9 Å². The molecule has 0 spiro atoms. The van der Waals surface area contributed by atoms with Crippen molar-refractivity contribution in [3.8, 4) is 11.5 Å². The second kappa shape index (κ2) is 7.42. The average Bonchev–Trinajstić information content (AvgIpc) is 2.32. The fourth-order valence-electron chi connectivity index (χ4n) is 1.51. The fraction of sp³-hybridized carbons (Fsp3) is 0.462. The maximum atomic E-state index is 10.7. The highest BCUT2D eigenvalue weighted by molar-refractivity contribution is 5.74. The van der Waals surface area contributed by atoms with Crippen molar-refractivity contribution in [2.24, 2.45) is 5.73 Å². The predicted molar refractivity (Wildman–Crippen MR) is 71.1 cm³/mol. The van der Waals surface area contributed by atoms with Gasteiger partial charge in [0.15, 0.2) is 0 Å². The van der Waals surface area contributed by atoms with Gasteiger partial charge in [-0.2, -0.15) is 0 Å². The lowest BCUT2D eigenvalue weighted by atomic mass is 10.2. The molecule has 0 bridgehead atoms. The van der Waals surface area contributed by atoms with Gasteiger partial charge in [-0.15, -0.1) is 0 Å². The number of nitrogens with two attached hydrogens (primary N) is 1. The van der Waals surface area contributed by atoms with E-state index >= 15 is 0 Å². The Bertz CT molecular complexity index is 394. The minimum absolute atomic E-state index is 0.282. The minimum atomic E-state index is -0.332. The molecule has 1 amide bonds. The van der Waals surface area contributed by atoms with Crippen molar-refractivity contribution < 1.29 is 14.3 Å². The van der Waals surface area contributed by atoms with Gasteiger partial charge in [0.1, 0.15) is 11.5 Å². The molecular weight excluding hydrogens is 232 g/mol. The second-order valence-corrected chi connectivity index (χ2v) is 3.67. The summed E-state index contributed by atoms with van der Waals surface area (Å²) < 4.78 is 10.9. The van der Waals surface area contributed by atoms with Crippen LogP contribution in [0.4, 0.5) is 5.69 Å². The number of hydrogen-bond acceptors (Lipinski definition) is 4. The summed E-state index contributed by atoms with van der Waals surface area (Å²) in [7, 11) is 0. The number of benzene rings is 1. The summed E-state index contributed by atoms with van der Waals surface area (Å²) in [6.45, 7) is 5.51. The zero-order chi connectivity index (χ0) is 13.4. The Labute approximate surface area is 107 Å². The fourth-order valence-corrected chi connectivity index (χ4v) is 1.51. The van der Waals surface area contributed by atoms with Crippen LogP contribution in [-0.2, 0) is 4.79 Å². The molecule has 100 valence electrons. The van der Waals surface area contributed by atoms with Crippen LogP contribution in [0.15, 0.2) is 18.2 Å². The van der Waals surface area contributed by atoms with Crippen LogP contribution in [0.5, 0.6) is 11.5 Å². The van der Waals surface area contributed by atoms with E-state index in [-0.39, 0.29) is 12.3 Å². The molecule has 0 saturated heterocycles. The molecule has 0 aliphatic rings. The molecule has 0 radical (unpaired) electrons. The first-order valence-electron chi connectivity index (χ1n) is 6.09. The number of carbonyl (C=O) groups is 1. The van der Waals surface area contributed by atoms with Crippen molar-refractivity contribution in [2.45, 2.75) is 20.3 Å². The number of rotatable bonds is 8. The van der Waals surface area contributed by atoms with Crippen LogP contribution in [0, 0.1) is 0 Å².